The minimum atomic E-state index is -0.709. The Kier molecular flexibility index (Phi) is 6.57. The molecule has 2 N–H and O–H groups in total. The Balaban J connectivity index is 1.26. The SMILES string of the molecule is CC1CCC2(CCc3c(nc(CCC45CCCN4CC(F)C5)nc3N3CC(C(C)C)C3)C2)c2c1ccc(N)c2C#N. The molecule has 7 heteroatoms. The molecule has 41 heavy (non-hydrogen) atoms. The molecule has 4 unspecified atom stereocenters. The third-order valence-corrected chi connectivity index (χ3v) is 11.7. The van der Waals surface area contributed by atoms with Crippen LogP contribution in [0.3, 0.4) is 0 Å². The number of aryl methyl sites for hydroxylation is 1. The fraction of sp³-hybridized carbons (Fsp3) is 0.676. The minimum absolute atomic E-state index is 0.0166. The predicted octanol–water partition coefficient (Wildman–Crippen LogP) is 5.86. The van der Waals surface area contributed by atoms with E-state index in [1.165, 1.54) is 22.4 Å². The monoisotopic (exact) mass is 556 g/mol. The lowest BCUT2D eigenvalue weighted by Crippen LogP contribution is -2.50. The van der Waals surface area contributed by atoms with E-state index in [-0.39, 0.29) is 11.0 Å². The van der Waals surface area contributed by atoms with Gasteiger partial charge in [-0.25, -0.2) is 14.4 Å². The molecule has 218 valence electrons. The van der Waals surface area contributed by atoms with Crippen LogP contribution in [0.15, 0.2) is 12.1 Å². The fourth-order valence-electron chi connectivity index (χ4n) is 9.12. The number of alkyl halides is 1. The van der Waals surface area contributed by atoms with Gasteiger partial charge in [0.1, 0.15) is 23.9 Å². The zero-order chi connectivity index (χ0) is 28.5. The Morgan fingerprint density at radius 1 is 1.17 bits per heavy atom. The molecule has 3 fully saturated rings. The average Bonchev–Trinajstić information content (AvgIpc) is 3.44. The molecular weight excluding hydrogens is 511 g/mol. The lowest BCUT2D eigenvalue weighted by molar-refractivity contribution is 0.181. The van der Waals surface area contributed by atoms with E-state index in [2.05, 4.69) is 42.7 Å². The molecule has 3 saturated heterocycles. The third-order valence-electron chi connectivity index (χ3n) is 11.7. The number of anilines is 2. The van der Waals surface area contributed by atoms with Crippen molar-refractivity contribution in [3.63, 3.8) is 0 Å². The number of aromatic nitrogens is 2. The van der Waals surface area contributed by atoms with Crippen molar-refractivity contribution in [3.8, 4) is 6.07 Å². The molecule has 1 spiro atoms. The molecule has 0 saturated carbocycles. The van der Waals surface area contributed by atoms with Gasteiger partial charge in [0.15, 0.2) is 0 Å². The molecule has 0 bridgehead atoms. The van der Waals surface area contributed by atoms with E-state index >= 15 is 0 Å². The summed E-state index contributed by atoms with van der Waals surface area (Å²) in [4.78, 5) is 15.5. The van der Waals surface area contributed by atoms with Gasteiger partial charge >= 0.3 is 0 Å². The molecule has 2 aliphatic carbocycles. The van der Waals surface area contributed by atoms with E-state index < -0.39 is 6.17 Å². The summed E-state index contributed by atoms with van der Waals surface area (Å²) in [6, 6.07) is 6.58. The van der Waals surface area contributed by atoms with E-state index in [1.54, 1.807) is 0 Å². The number of halogens is 1. The number of rotatable bonds is 5. The van der Waals surface area contributed by atoms with Crippen LogP contribution in [0.4, 0.5) is 15.9 Å². The Hall–Kier alpha value is -2.72. The molecule has 5 aliphatic rings. The molecule has 1 aromatic carbocycles. The van der Waals surface area contributed by atoms with Crippen molar-refractivity contribution < 1.29 is 4.39 Å². The average molecular weight is 557 g/mol. The van der Waals surface area contributed by atoms with Gasteiger partial charge in [-0.15, -0.1) is 0 Å². The summed E-state index contributed by atoms with van der Waals surface area (Å²) >= 11 is 0. The van der Waals surface area contributed by atoms with Crippen LogP contribution in [0.1, 0.15) is 105 Å². The number of nitriles is 1. The number of fused-ring (bicyclic) bond motifs is 4. The second-order valence-corrected chi connectivity index (χ2v) is 14.4. The second kappa shape index (κ2) is 9.93. The van der Waals surface area contributed by atoms with Crippen LogP contribution in [0.2, 0.25) is 0 Å². The Morgan fingerprint density at radius 3 is 2.78 bits per heavy atom. The van der Waals surface area contributed by atoms with E-state index in [1.807, 2.05) is 6.07 Å². The maximum Gasteiger partial charge on any atom is 0.135 e. The second-order valence-electron chi connectivity index (χ2n) is 14.4. The smallest absolute Gasteiger partial charge is 0.135 e. The normalized spacial score (nSPS) is 31.2. The van der Waals surface area contributed by atoms with Crippen molar-refractivity contribution >= 4 is 11.5 Å². The van der Waals surface area contributed by atoms with Crippen LogP contribution in [0.5, 0.6) is 0 Å². The van der Waals surface area contributed by atoms with Crippen molar-refractivity contribution in [1.29, 1.82) is 5.26 Å². The van der Waals surface area contributed by atoms with Gasteiger partial charge in [-0.05, 0) is 99.3 Å². The highest BCUT2D eigenvalue weighted by atomic mass is 19.1. The molecule has 0 amide bonds. The van der Waals surface area contributed by atoms with Crippen LogP contribution >= 0.6 is 0 Å². The number of nitrogens with zero attached hydrogens (tertiary/aromatic N) is 5. The van der Waals surface area contributed by atoms with Gasteiger partial charge in [0.2, 0.25) is 0 Å². The lowest BCUT2D eigenvalue weighted by atomic mass is 9.59. The summed E-state index contributed by atoms with van der Waals surface area (Å²) in [6.07, 6.45) is 8.88. The summed E-state index contributed by atoms with van der Waals surface area (Å²) in [5, 5.41) is 10.2. The fourth-order valence-corrected chi connectivity index (χ4v) is 9.12. The van der Waals surface area contributed by atoms with Crippen LogP contribution in [-0.4, -0.2) is 52.8 Å². The molecule has 1 aromatic heterocycles. The third kappa shape index (κ3) is 4.35. The van der Waals surface area contributed by atoms with Crippen LogP contribution in [-0.2, 0) is 24.7 Å². The van der Waals surface area contributed by atoms with Gasteiger partial charge in [0, 0.05) is 48.3 Å². The summed E-state index contributed by atoms with van der Waals surface area (Å²) in [5.41, 5.74) is 12.5. The van der Waals surface area contributed by atoms with Gasteiger partial charge in [-0.2, -0.15) is 5.26 Å². The molecule has 4 atom stereocenters. The quantitative estimate of drug-likeness (QED) is 0.465. The van der Waals surface area contributed by atoms with E-state index in [0.717, 1.165) is 89.1 Å². The highest BCUT2D eigenvalue weighted by molar-refractivity contribution is 5.65. The van der Waals surface area contributed by atoms with Gasteiger partial charge in [-0.1, -0.05) is 26.8 Å². The van der Waals surface area contributed by atoms with Crippen LogP contribution in [0.25, 0.3) is 0 Å². The van der Waals surface area contributed by atoms with Gasteiger partial charge in [0.25, 0.3) is 0 Å². The first kappa shape index (κ1) is 27.1. The molecule has 7 rings (SSSR count). The minimum Gasteiger partial charge on any atom is -0.398 e. The Bertz CT molecular complexity index is 1390. The Labute approximate surface area is 244 Å². The van der Waals surface area contributed by atoms with Crippen molar-refractivity contribution in [2.75, 3.05) is 36.8 Å². The molecule has 4 heterocycles. The van der Waals surface area contributed by atoms with Gasteiger partial charge in [0.05, 0.1) is 11.3 Å². The molecule has 6 nitrogen and oxygen atoms in total. The highest BCUT2D eigenvalue weighted by Crippen LogP contribution is 2.52. The van der Waals surface area contributed by atoms with E-state index in [9.17, 15) is 9.65 Å². The Morgan fingerprint density at radius 2 is 2.00 bits per heavy atom. The molecule has 2 aromatic rings. The predicted molar refractivity (Wildman–Crippen MR) is 161 cm³/mol. The summed E-state index contributed by atoms with van der Waals surface area (Å²) in [6.45, 7) is 10.6. The topological polar surface area (TPSA) is 82.1 Å². The first-order valence-electron chi connectivity index (χ1n) is 16.1. The zero-order valence-corrected chi connectivity index (χ0v) is 25.1. The number of hydrogen-bond acceptors (Lipinski definition) is 6. The lowest BCUT2D eigenvalue weighted by Gasteiger charge is -2.47. The zero-order valence-electron chi connectivity index (χ0n) is 25.1. The number of benzene rings is 1. The number of nitrogen functional groups attached to an aromatic ring is 1. The molecule has 0 radical (unpaired) electrons. The van der Waals surface area contributed by atoms with Gasteiger partial charge in [-0.3, -0.25) is 4.90 Å². The van der Waals surface area contributed by atoms with E-state index in [4.69, 9.17) is 15.7 Å². The maximum atomic E-state index is 14.5. The summed E-state index contributed by atoms with van der Waals surface area (Å²) < 4.78 is 14.5. The summed E-state index contributed by atoms with van der Waals surface area (Å²) in [7, 11) is 0. The molecular formula is C34H45FN6. The van der Waals surface area contributed by atoms with Crippen LogP contribution < -0.4 is 10.6 Å². The number of hydrogen-bond donors (Lipinski definition) is 1. The van der Waals surface area contributed by atoms with Crippen molar-refractivity contribution in [2.45, 2.75) is 108 Å². The van der Waals surface area contributed by atoms with Crippen molar-refractivity contribution in [3.05, 3.63) is 45.9 Å². The van der Waals surface area contributed by atoms with Crippen molar-refractivity contribution in [2.24, 2.45) is 11.8 Å². The van der Waals surface area contributed by atoms with E-state index in [0.29, 0.717) is 42.0 Å². The summed E-state index contributed by atoms with van der Waals surface area (Å²) in [5.74, 6) is 3.87. The maximum absolute atomic E-state index is 14.5. The van der Waals surface area contributed by atoms with Gasteiger partial charge < -0.3 is 10.6 Å². The highest BCUT2D eigenvalue weighted by Gasteiger charge is 2.49. The molecule has 3 aliphatic heterocycles. The number of nitrogens with two attached hydrogens (primary N) is 1. The first-order chi connectivity index (χ1) is 19.7. The standard InChI is InChI=1S/C34H45FN6/c1-21(2)23-18-40(19-23)32-26-8-12-33(11-7-22(3)25-5-6-28(37)27(17-36)31(25)33)16-29(26)38-30(39-32)9-13-34-10-4-14-41(34)20-24(35)15-34/h5-6,21-24H,4,7-16,18-20,37H2,1-3H3. The largest absolute Gasteiger partial charge is 0.398 e. The van der Waals surface area contributed by atoms with Crippen molar-refractivity contribution in [1.82, 2.24) is 14.9 Å². The van der Waals surface area contributed by atoms with Crippen LogP contribution in [0, 0.1) is 23.2 Å². The first-order valence-corrected chi connectivity index (χ1v) is 16.1.